The van der Waals surface area contributed by atoms with Gasteiger partial charge >= 0.3 is 0 Å². The first-order chi connectivity index (χ1) is 11.6. The van der Waals surface area contributed by atoms with Gasteiger partial charge in [0.2, 0.25) is 0 Å². The summed E-state index contributed by atoms with van der Waals surface area (Å²) in [5.41, 5.74) is 2.80. The van der Waals surface area contributed by atoms with E-state index >= 15 is 0 Å². The summed E-state index contributed by atoms with van der Waals surface area (Å²) in [5.74, 6) is 0.485. The summed E-state index contributed by atoms with van der Waals surface area (Å²) < 4.78 is 5.43. The fourth-order valence-electron chi connectivity index (χ4n) is 2.47. The lowest BCUT2D eigenvalue weighted by Crippen LogP contribution is -2.21. The Kier molecular flexibility index (Phi) is 4.67. The molecule has 3 rings (SSSR count). The van der Waals surface area contributed by atoms with E-state index in [1.54, 1.807) is 18.2 Å². The fourth-order valence-corrected chi connectivity index (χ4v) is 2.72. The minimum Gasteiger partial charge on any atom is -0.492 e. The van der Waals surface area contributed by atoms with Crippen LogP contribution in [0.1, 0.15) is 19.4 Å². The minimum absolute atomic E-state index is 0.149. The van der Waals surface area contributed by atoms with Crippen molar-refractivity contribution in [2.24, 2.45) is 5.10 Å². The van der Waals surface area contributed by atoms with E-state index in [1.807, 2.05) is 50.2 Å². The first-order valence-corrected chi connectivity index (χ1v) is 8.07. The highest BCUT2D eigenvalue weighted by Crippen LogP contribution is 2.28. The largest absolute Gasteiger partial charge is 0.492 e. The molecule has 0 fully saturated rings. The summed E-state index contributed by atoms with van der Waals surface area (Å²) in [7, 11) is 0. The van der Waals surface area contributed by atoms with Gasteiger partial charge < -0.3 is 4.74 Å². The molecule has 2 aromatic rings. The molecule has 0 bridgehead atoms. The van der Waals surface area contributed by atoms with Crippen LogP contribution in [0.5, 0.6) is 5.75 Å². The summed E-state index contributed by atoms with van der Waals surface area (Å²) in [6.07, 6.45) is 1.80. The van der Waals surface area contributed by atoms with E-state index in [-0.39, 0.29) is 5.91 Å². The predicted molar refractivity (Wildman–Crippen MR) is 97.6 cm³/mol. The summed E-state index contributed by atoms with van der Waals surface area (Å²) in [4.78, 5) is 12.7. The third-order valence-electron chi connectivity index (χ3n) is 3.63. The second kappa shape index (κ2) is 6.89. The van der Waals surface area contributed by atoms with E-state index in [1.165, 1.54) is 5.01 Å². The molecule has 0 saturated carbocycles. The van der Waals surface area contributed by atoms with Crippen molar-refractivity contribution >= 4 is 35.0 Å². The summed E-state index contributed by atoms with van der Waals surface area (Å²) in [6.45, 7) is 4.28. The van der Waals surface area contributed by atoms with Crippen molar-refractivity contribution in [3.8, 4) is 5.75 Å². The smallest absolute Gasteiger partial charge is 0.280 e. The molecule has 0 aromatic heterocycles. The van der Waals surface area contributed by atoms with Gasteiger partial charge in [0, 0.05) is 0 Å². The van der Waals surface area contributed by atoms with Gasteiger partial charge in [-0.2, -0.15) is 10.1 Å². The number of nitrogens with zero attached hydrogens (tertiary/aromatic N) is 2. The molecule has 0 unspecified atom stereocenters. The van der Waals surface area contributed by atoms with Crippen LogP contribution >= 0.6 is 11.6 Å². The molecule has 0 saturated heterocycles. The van der Waals surface area contributed by atoms with E-state index in [0.29, 0.717) is 28.7 Å². The zero-order valence-corrected chi connectivity index (χ0v) is 14.2. The highest BCUT2D eigenvalue weighted by atomic mass is 35.5. The summed E-state index contributed by atoms with van der Waals surface area (Å²) in [6, 6.07) is 14.8. The zero-order valence-electron chi connectivity index (χ0n) is 13.5. The van der Waals surface area contributed by atoms with Gasteiger partial charge in [-0.1, -0.05) is 35.9 Å². The lowest BCUT2D eigenvalue weighted by molar-refractivity contribution is -0.114. The Bertz CT molecular complexity index is 829. The molecule has 0 aliphatic carbocycles. The third-order valence-corrected chi connectivity index (χ3v) is 3.93. The van der Waals surface area contributed by atoms with Gasteiger partial charge in [0.1, 0.15) is 5.75 Å². The van der Waals surface area contributed by atoms with Crippen molar-refractivity contribution in [2.75, 3.05) is 11.6 Å². The molecule has 4 nitrogen and oxygen atoms in total. The maximum Gasteiger partial charge on any atom is 0.280 e. The van der Waals surface area contributed by atoms with Gasteiger partial charge in [-0.15, -0.1) is 0 Å². The normalized spacial score (nSPS) is 15.8. The Hall–Kier alpha value is -2.59. The molecule has 0 atom stereocenters. The molecular formula is C19H17ClN2O2. The van der Waals surface area contributed by atoms with Crippen molar-refractivity contribution in [1.29, 1.82) is 0 Å². The second-order valence-electron chi connectivity index (χ2n) is 5.32. The van der Waals surface area contributed by atoms with Gasteiger partial charge in [-0.25, -0.2) is 0 Å². The quantitative estimate of drug-likeness (QED) is 0.766. The van der Waals surface area contributed by atoms with Crippen LogP contribution in [0.25, 0.3) is 6.08 Å². The molecule has 1 heterocycles. The van der Waals surface area contributed by atoms with Gasteiger partial charge in [-0.3, -0.25) is 4.79 Å². The molecule has 122 valence electrons. The molecule has 0 spiro atoms. The molecule has 5 heteroatoms. The first kappa shape index (κ1) is 16.3. The Morgan fingerprint density at radius 1 is 1.21 bits per heavy atom. The van der Waals surface area contributed by atoms with Crippen LogP contribution in [0.3, 0.4) is 0 Å². The second-order valence-corrected chi connectivity index (χ2v) is 5.73. The Labute approximate surface area is 146 Å². The van der Waals surface area contributed by atoms with E-state index in [9.17, 15) is 4.79 Å². The van der Waals surface area contributed by atoms with Crippen LogP contribution in [0.4, 0.5) is 5.69 Å². The number of ether oxygens (including phenoxy) is 1. The topological polar surface area (TPSA) is 41.9 Å². The number of carbonyl (C=O) groups excluding carboxylic acids is 1. The molecule has 0 N–H and O–H groups in total. The van der Waals surface area contributed by atoms with E-state index in [4.69, 9.17) is 16.3 Å². The van der Waals surface area contributed by atoms with Crippen LogP contribution in [-0.2, 0) is 4.79 Å². The van der Waals surface area contributed by atoms with Gasteiger partial charge in [-0.05, 0) is 49.8 Å². The molecule has 1 aliphatic heterocycles. The average molecular weight is 341 g/mol. The van der Waals surface area contributed by atoms with Crippen LogP contribution in [0.15, 0.2) is 59.2 Å². The number of carbonyl (C=O) groups is 1. The van der Waals surface area contributed by atoms with Gasteiger partial charge in [0.25, 0.3) is 5.91 Å². The predicted octanol–water partition coefficient (Wildman–Crippen LogP) is 4.54. The molecule has 1 aliphatic rings. The van der Waals surface area contributed by atoms with Crippen molar-refractivity contribution in [3.05, 3.63) is 64.7 Å². The number of para-hydroxylation sites is 1. The number of anilines is 1. The minimum atomic E-state index is -0.149. The van der Waals surface area contributed by atoms with Crippen molar-refractivity contribution in [2.45, 2.75) is 13.8 Å². The lowest BCUT2D eigenvalue weighted by Gasteiger charge is -2.11. The highest BCUT2D eigenvalue weighted by molar-refractivity contribution is 6.33. The van der Waals surface area contributed by atoms with Crippen molar-refractivity contribution < 1.29 is 9.53 Å². The number of hydrogen-bond donors (Lipinski definition) is 0. The average Bonchev–Trinajstić information content (AvgIpc) is 2.86. The SMILES string of the molecule is CCOc1ccc(/C=C2/C(=O)N(c3ccccc3)N=C2C)cc1Cl. The summed E-state index contributed by atoms with van der Waals surface area (Å²) >= 11 is 6.21. The molecule has 2 aromatic carbocycles. The lowest BCUT2D eigenvalue weighted by atomic mass is 10.1. The van der Waals surface area contributed by atoms with Crippen LogP contribution in [0.2, 0.25) is 5.02 Å². The number of rotatable bonds is 4. The fraction of sp³-hybridized carbons (Fsp3) is 0.158. The molecule has 1 amide bonds. The first-order valence-electron chi connectivity index (χ1n) is 7.69. The van der Waals surface area contributed by atoms with E-state index < -0.39 is 0 Å². The maximum atomic E-state index is 12.7. The van der Waals surface area contributed by atoms with E-state index in [2.05, 4.69) is 5.10 Å². The van der Waals surface area contributed by atoms with Crippen molar-refractivity contribution in [3.63, 3.8) is 0 Å². The zero-order chi connectivity index (χ0) is 17.1. The molecule has 0 radical (unpaired) electrons. The number of benzene rings is 2. The number of hydrazone groups is 1. The van der Waals surface area contributed by atoms with Crippen LogP contribution in [-0.4, -0.2) is 18.2 Å². The standard InChI is InChI=1S/C19H17ClN2O2/c1-3-24-18-10-9-14(12-17(18)20)11-16-13(2)21-22(19(16)23)15-7-5-4-6-8-15/h4-12H,3H2,1-2H3/b16-11+. The van der Waals surface area contributed by atoms with Crippen LogP contribution in [0, 0.1) is 0 Å². The maximum absolute atomic E-state index is 12.7. The Morgan fingerprint density at radius 2 is 1.96 bits per heavy atom. The Morgan fingerprint density at radius 3 is 2.62 bits per heavy atom. The number of hydrogen-bond acceptors (Lipinski definition) is 3. The molecule has 24 heavy (non-hydrogen) atoms. The number of halogens is 1. The van der Waals surface area contributed by atoms with Crippen molar-refractivity contribution in [1.82, 2.24) is 0 Å². The van der Waals surface area contributed by atoms with Crippen LogP contribution < -0.4 is 9.75 Å². The van der Waals surface area contributed by atoms with E-state index in [0.717, 1.165) is 11.3 Å². The third kappa shape index (κ3) is 3.19. The monoisotopic (exact) mass is 340 g/mol. The Balaban J connectivity index is 1.90. The highest BCUT2D eigenvalue weighted by Gasteiger charge is 2.28. The van der Waals surface area contributed by atoms with Gasteiger partial charge in [0.15, 0.2) is 0 Å². The van der Waals surface area contributed by atoms with Gasteiger partial charge in [0.05, 0.1) is 28.6 Å². The molecular weight excluding hydrogens is 324 g/mol. The summed E-state index contributed by atoms with van der Waals surface area (Å²) in [5, 5.41) is 6.29. The number of amides is 1.